The van der Waals surface area contributed by atoms with Crippen LogP contribution in [0.3, 0.4) is 0 Å². The van der Waals surface area contributed by atoms with Gasteiger partial charge in [0.25, 0.3) is 0 Å². The molecule has 0 aliphatic rings. The molecule has 3 heteroatoms. The normalized spacial score (nSPS) is 10.3. The van der Waals surface area contributed by atoms with Crippen molar-refractivity contribution in [3.63, 3.8) is 0 Å². The molecular formula is C16H17NO2. The Morgan fingerprint density at radius 2 is 1.63 bits per heavy atom. The smallest absolute Gasteiger partial charge is 0.193 e. The summed E-state index contributed by atoms with van der Waals surface area (Å²) >= 11 is 0. The lowest BCUT2D eigenvalue weighted by Crippen LogP contribution is -2.03. The number of carbonyl (C=O) groups is 1. The maximum absolute atomic E-state index is 12.4. The molecule has 0 aliphatic carbocycles. The van der Waals surface area contributed by atoms with Crippen LogP contribution in [0.5, 0.6) is 5.75 Å². The highest BCUT2D eigenvalue weighted by molar-refractivity contribution is 6.09. The zero-order valence-electron chi connectivity index (χ0n) is 11.4. The minimum absolute atomic E-state index is 0.0301. The second-order valence-electron chi connectivity index (χ2n) is 4.58. The molecule has 0 aliphatic heterocycles. The number of nitrogens with two attached hydrogens (primary N) is 1. The van der Waals surface area contributed by atoms with E-state index in [9.17, 15) is 4.79 Å². The predicted molar refractivity (Wildman–Crippen MR) is 76.8 cm³/mol. The lowest BCUT2D eigenvalue weighted by atomic mass is 9.99. The molecule has 0 heterocycles. The molecule has 2 aromatic carbocycles. The molecule has 19 heavy (non-hydrogen) atoms. The minimum Gasteiger partial charge on any atom is -0.495 e. The highest BCUT2D eigenvalue weighted by Gasteiger charge is 2.11. The molecule has 0 amide bonds. The molecule has 0 atom stereocenters. The van der Waals surface area contributed by atoms with E-state index in [-0.39, 0.29) is 5.78 Å². The van der Waals surface area contributed by atoms with Crippen LogP contribution < -0.4 is 10.5 Å². The third-order valence-electron chi connectivity index (χ3n) is 3.26. The van der Waals surface area contributed by atoms with Crippen LogP contribution in [0.2, 0.25) is 0 Å². The number of methoxy groups -OCH3 is 1. The van der Waals surface area contributed by atoms with E-state index >= 15 is 0 Å². The number of nitrogen functional groups attached to an aromatic ring is 1. The molecule has 98 valence electrons. The fourth-order valence-corrected chi connectivity index (χ4v) is 1.92. The number of aryl methyl sites for hydroxylation is 2. The number of hydrogen-bond acceptors (Lipinski definition) is 3. The summed E-state index contributed by atoms with van der Waals surface area (Å²) in [4.78, 5) is 12.4. The van der Waals surface area contributed by atoms with Gasteiger partial charge in [-0.25, -0.2) is 0 Å². The van der Waals surface area contributed by atoms with E-state index in [1.54, 1.807) is 25.3 Å². The molecular weight excluding hydrogens is 238 g/mol. The first-order chi connectivity index (χ1) is 9.02. The number of ether oxygens (including phenoxy) is 1. The largest absolute Gasteiger partial charge is 0.495 e. The molecule has 0 radical (unpaired) electrons. The SMILES string of the molecule is COc1ccc(C(=O)c2ccc(C)c(C)c2)cc1N. The summed E-state index contributed by atoms with van der Waals surface area (Å²) in [6.07, 6.45) is 0. The lowest BCUT2D eigenvalue weighted by Gasteiger charge is -2.08. The first-order valence-corrected chi connectivity index (χ1v) is 6.08. The van der Waals surface area contributed by atoms with Crippen molar-refractivity contribution in [2.75, 3.05) is 12.8 Å². The van der Waals surface area contributed by atoms with Gasteiger partial charge >= 0.3 is 0 Å². The van der Waals surface area contributed by atoms with Crippen molar-refractivity contribution in [3.8, 4) is 5.75 Å². The summed E-state index contributed by atoms with van der Waals surface area (Å²) < 4.78 is 5.08. The van der Waals surface area contributed by atoms with E-state index < -0.39 is 0 Å². The molecule has 3 nitrogen and oxygen atoms in total. The lowest BCUT2D eigenvalue weighted by molar-refractivity contribution is 0.103. The Balaban J connectivity index is 2.38. The van der Waals surface area contributed by atoms with E-state index in [4.69, 9.17) is 10.5 Å². The summed E-state index contributed by atoms with van der Waals surface area (Å²) in [5.74, 6) is 0.550. The zero-order chi connectivity index (χ0) is 14.0. The Morgan fingerprint density at radius 1 is 1.00 bits per heavy atom. The van der Waals surface area contributed by atoms with Crippen molar-refractivity contribution in [1.29, 1.82) is 0 Å². The molecule has 0 aromatic heterocycles. The first-order valence-electron chi connectivity index (χ1n) is 6.08. The average molecular weight is 255 g/mol. The summed E-state index contributed by atoms with van der Waals surface area (Å²) in [5.41, 5.74) is 9.81. The molecule has 2 aromatic rings. The van der Waals surface area contributed by atoms with Gasteiger partial charge in [-0.05, 0) is 49.2 Å². The molecule has 0 unspecified atom stereocenters. The van der Waals surface area contributed by atoms with Crippen LogP contribution >= 0.6 is 0 Å². The quantitative estimate of drug-likeness (QED) is 0.677. The fourth-order valence-electron chi connectivity index (χ4n) is 1.92. The van der Waals surface area contributed by atoms with Crippen LogP contribution in [0.1, 0.15) is 27.0 Å². The van der Waals surface area contributed by atoms with Crippen molar-refractivity contribution >= 4 is 11.5 Å². The monoisotopic (exact) mass is 255 g/mol. The Hall–Kier alpha value is -2.29. The molecule has 0 fully saturated rings. The number of rotatable bonds is 3. The fraction of sp³-hybridized carbons (Fsp3) is 0.188. The van der Waals surface area contributed by atoms with E-state index in [1.807, 2.05) is 32.0 Å². The van der Waals surface area contributed by atoms with Gasteiger partial charge in [-0.2, -0.15) is 0 Å². The second kappa shape index (κ2) is 5.14. The number of benzene rings is 2. The average Bonchev–Trinajstić information content (AvgIpc) is 2.41. The summed E-state index contributed by atoms with van der Waals surface area (Å²) in [7, 11) is 1.55. The Labute approximate surface area is 113 Å². The van der Waals surface area contributed by atoms with Crippen LogP contribution in [0.4, 0.5) is 5.69 Å². The number of ketones is 1. The Bertz CT molecular complexity index is 633. The summed E-state index contributed by atoms with van der Waals surface area (Å²) in [5, 5.41) is 0. The van der Waals surface area contributed by atoms with Crippen LogP contribution in [-0.2, 0) is 0 Å². The first kappa shape index (κ1) is 13.1. The molecule has 0 bridgehead atoms. The minimum atomic E-state index is -0.0301. The summed E-state index contributed by atoms with van der Waals surface area (Å²) in [6, 6.07) is 10.8. The van der Waals surface area contributed by atoms with Gasteiger partial charge in [0.1, 0.15) is 5.75 Å². The summed E-state index contributed by atoms with van der Waals surface area (Å²) in [6.45, 7) is 4.02. The van der Waals surface area contributed by atoms with Gasteiger partial charge in [0, 0.05) is 11.1 Å². The van der Waals surface area contributed by atoms with Crippen molar-refractivity contribution in [2.24, 2.45) is 0 Å². The van der Waals surface area contributed by atoms with Gasteiger partial charge in [-0.1, -0.05) is 12.1 Å². The van der Waals surface area contributed by atoms with Crippen LogP contribution in [0, 0.1) is 13.8 Å². The van der Waals surface area contributed by atoms with Crippen LogP contribution in [0.15, 0.2) is 36.4 Å². The third kappa shape index (κ3) is 2.60. The highest BCUT2D eigenvalue weighted by Crippen LogP contribution is 2.23. The van der Waals surface area contributed by atoms with Gasteiger partial charge in [-0.15, -0.1) is 0 Å². The van der Waals surface area contributed by atoms with Gasteiger partial charge in [0.15, 0.2) is 5.78 Å². The number of anilines is 1. The van der Waals surface area contributed by atoms with Crippen LogP contribution in [0.25, 0.3) is 0 Å². The van der Waals surface area contributed by atoms with E-state index in [2.05, 4.69) is 0 Å². The van der Waals surface area contributed by atoms with Crippen LogP contribution in [-0.4, -0.2) is 12.9 Å². The van der Waals surface area contributed by atoms with Gasteiger partial charge in [0.05, 0.1) is 12.8 Å². The standard InChI is InChI=1S/C16H17NO2/c1-10-4-5-12(8-11(10)2)16(18)13-6-7-15(19-3)14(17)9-13/h4-9H,17H2,1-3H3. The van der Waals surface area contributed by atoms with E-state index in [0.717, 1.165) is 5.56 Å². The number of carbonyl (C=O) groups excluding carboxylic acids is 1. The van der Waals surface area contributed by atoms with Crippen molar-refractivity contribution in [3.05, 3.63) is 58.7 Å². The van der Waals surface area contributed by atoms with Crippen molar-refractivity contribution in [2.45, 2.75) is 13.8 Å². The Kier molecular flexibility index (Phi) is 3.56. The molecule has 2 N–H and O–H groups in total. The molecule has 0 spiro atoms. The van der Waals surface area contributed by atoms with Gasteiger partial charge in [0.2, 0.25) is 0 Å². The van der Waals surface area contributed by atoms with Gasteiger partial charge in [-0.3, -0.25) is 4.79 Å². The van der Waals surface area contributed by atoms with Crippen molar-refractivity contribution in [1.82, 2.24) is 0 Å². The highest BCUT2D eigenvalue weighted by atomic mass is 16.5. The molecule has 0 saturated carbocycles. The molecule has 2 rings (SSSR count). The maximum Gasteiger partial charge on any atom is 0.193 e. The second-order valence-corrected chi connectivity index (χ2v) is 4.58. The number of hydrogen-bond donors (Lipinski definition) is 1. The topological polar surface area (TPSA) is 52.3 Å². The van der Waals surface area contributed by atoms with E-state index in [1.165, 1.54) is 5.56 Å². The predicted octanol–water partition coefficient (Wildman–Crippen LogP) is 3.13. The van der Waals surface area contributed by atoms with E-state index in [0.29, 0.717) is 22.6 Å². The molecule has 0 saturated heterocycles. The third-order valence-corrected chi connectivity index (χ3v) is 3.26. The zero-order valence-corrected chi connectivity index (χ0v) is 11.4. The Morgan fingerprint density at radius 3 is 2.21 bits per heavy atom. The van der Waals surface area contributed by atoms with Crippen molar-refractivity contribution < 1.29 is 9.53 Å². The maximum atomic E-state index is 12.4. The van der Waals surface area contributed by atoms with Gasteiger partial charge < -0.3 is 10.5 Å².